The Morgan fingerprint density at radius 1 is 1.00 bits per heavy atom. The van der Waals surface area contributed by atoms with Crippen LogP contribution < -0.4 is 11.1 Å². The summed E-state index contributed by atoms with van der Waals surface area (Å²) in [6.45, 7) is 2.23. The summed E-state index contributed by atoms with van der Waals surface area (Å²) in [6, 6.07) is 7.48. The van der Waals surface area contributed by atoms with Crippen molar-refractivity contribution in [2.45, 2.75) is 70.8 Å². The van der Waals surface area contributed by atoms with E-state index in [2.05, 4.69) is 24.4 Å². The number of aryl methyl sites for hydroxylation is 2. The minimum Gasteiger partial charge on any atom is -0.465 e. The number of unbranched alkanes of at least 4 members (excludes halogenated alkanes) is 5. The van der Waals surface area contributed by atoms with Crippen LogP contribution in [0.3, 0.4) is 0 Å². The summed E-state index contributed by atoms with van der Waals surface area (Å²) >= 11 is 0. The van der Waals surface area contributed by atoms with Gasteiger partial charge in [0.25, 0.3) is 0 Å². The second kappa shape index (κ2) is 11.5. The Balaban J connectivity index is 2.33. The zero-order valence-electron chi connectivity index (χ0n) is 14.6. The highest BCUT2D eigenvalue weighted by atomic mass is 16.4. The van der Waals surface area contributed by atoms with Crippen LogP contribution in [0.1, 0.15) is 63.0 Å². The van der Waals surface area contributed by atoms with E-state index in [9.17, 15) is 9.59 Å². The lowest BCUT2D eigenvalue weighted by molar-refractivity contribution is -0.120. The molecular weight excluding hydrogens is 304 g/mol. The van der Waals surface area contributed by atoms with E-state index in [-0.39, 0.29) is 0 Å². The summed E-state index contributed by atoms with van der Waals surface area (Å²) in [5.74, 6) is -0.642. The van der Waals surface area contributed by atoms with Crippen molar-refractivity contribution in [2.24, 2.45) is 5.73 Å². The second-order valence-electron chi connectivity index (χ2n) is 6.28. The van der Waals surface area contributed by atoms with Crippen LogP contribution in [0.5, 0.6) is 0 Å². The highest BCUT2D eigenvalue weighted by Gasteiger charge is 2.17. The van der Waals surface area contributed by atoms with E-state index in [0.29, 0.717) is 12.8 Å². The number of nitrogens with one attached hydrogen (secondary N) is 1. The minimum absolute atomic E-state index is 0.373. The van der Waals surface area contributed by atoms with Crippen LogP contribution in [0.4, 0.5) is 4.79 Å². The summed E-state index contributed by atoms with van der Waals surface area (Å²) in [6.07, 6.45) is 8.61. The van der Waals surface area contributed by atoms with E-state index in [1.165, 1.54) is 44.1 Å². The summed E-state index contributed by atoms with van der Waals surface area (Å²) in [7, 11) is 0. The first-order valence-electron chi connectivity index (χ1n) is 8.89. The smallest absolute Gasteiger partial charge is 0.405 e. The highest BCUT2D eigenvalue weighted by molar-refractivity contribution is 5.83. The standard InChI is InChI=1S/C19H30N2O3/c1-2-3-4-5-6-7-8-15-9-11-16(12-10-15)13-14-17(18(20)22)21-19(23)24/h9-12,17,21H,2-8,13-14H2,1H3,(H2,20,22)(H,23,24). The largest absolute Gasteiger partial charge is 0.465 e. The van der Waals surface area contributed by atoms with E-state index < -0.39 is 18.0 Å². The molecule has 24 heavy (non-hydrogen) atoms. The van der Waals surface area contributed by atoms with Gasteiger partial charge in [-0.3, -0.25) is 4.79 Å². The van der Waals surface area contributed by atoms with Gasteiger partial charge in [-0.25, -0.2) is 4.79 Å². The molecule has 0 aliphatic rings. The molecular formula is C19H30N2O3. The Bertz CT molecular complexity index is 500. The molecule has 0 aliphatic heterocycles. The van der Waals surface area contributed by atoms with Crippen LogP contribution in [-0.2, 0) is 17.6 Å². The fourth-order valence-corrected chi connectivity index (χ4v) is 2.73. The van der Waals surface area contributed by atoms with Crippen molar-refractivity contribution in [3.63, 3.8) is 0 Å². The van der Waals surface area contributed by atoms with Crippen LogP contribution in [0.2, 0.25) is 0 Å². The van der Waals surface area contributed by atoms with Gasteiger partial charge in [0.05, 0.1) is 0 Å². The molecule has 134 valence electrons. The van der Waals surface area contributed by atoms with Crippen molar-refractivity contribution in [1.82, 2.24) is 5.32 Å². The summed E-state index contributed by atoms with van der Waals surface area (Å²) in [5, 5.41) is 10.8. The third-order valence-electron chi connectivity index (χ3n) is 4.20. The van der Waals surface area contributed by atoms with Gasteiger partial charge in [-0.15, -0.1) is 0 Å². The zero-order chi connectivity index (χ0) is 17.8. The van der Waals surface area contributed by atoms with Crippen molar-refractivity contribution in [3.05, 3.63) is 35.4 Å². The fourth-order valence-electron chi connectivity index (χ4n) is 2.73. The number of carbonyl (C=O) groups is 2. The lowest BCUT2D eigenvalue weighted by atomic mass is 10.0. The number of carboxylic acid groups (broad SMARTS) is 1. The Hall–Kier alpha value is -2.04. The van der Waals surface area contributed by atoms with Crippen molar-refractivity contribution in [2.75, 3.05) is 0 Å². The van der Waals surface area contributed by atoms with E-state index in [4.69, 9.17) is 10.8 Å². The SMILES string of the molecule is CCCCCCCCc1ccc(CCC(NC(=O)O)C(N)=O)cc1. The summed E-state index contributed by atoms with van der Waals surface area (Å²) in [4.78, 5) is 21.9. The van der Waals surface area contributed by atoms with Gasteiger partial charge in [-0.2, -0.15) is 0 Å². The average Bonchev–Trinajstić information content (AvgIpc) is 2.55. The molecule has 0 saturated carbocycles. The number of amides is 2. The van der Waals surface area contributed by atoms with Gasteiger partial charge >= 0.3 is 6.09 Å². The lowest BCUT2D eigenvalue weighted by Crippen LogP contribution is -2.44. The molecule has 4 N–H and O–H groups in total. The summed E-state index contributed by atoms with van der Waals surface area (Å²) in [5.41, 5.74) is 7.61. The van der Waals surface area contributed by atoms with Gasteiger partial charge in [-0.1, -0.05) is 63.3 Å². The maximum absolute atomic E-state index is 11.2. The first-order chi connectivity index (χ1) is 11.5. The quantitative estimate of drug-likeness (QED) is 0.509. The maximum atomic E-state index is 11.2. The molecule has 0 spiro atoms. The predicted octanol–water partition coefficient (Wildman–Crippen LogP) is 3.64. The molecule has 0 radical (unpaired) electrons. The van der Waals surface area contributed by atoms with Crippen LogP contribution in [0.25, 0.3) is 0 Å². The first-order valence-corrected chi connectivity index (χ1v) is 8.89. The van der Waals surface area contributed by atoms with Gasteiger partial charge in [0.15, 0.2) is 0 Å². The minimum atomic E-state index is -1.23. The first kappa shape index (κ1) is 20.0. The summed E-state index contributed by atoms with van der Waals surface area (Å²) < 4.78 is 0. The number of primary amides is 1. The van der Waals surface area contributed by atoms with E-state index in [1.54, 1.807) is 0 Å². The van der Waals surface area contributed by atoms with E-state index in [0.717, 1.165) is 12.0 Å². The highest BCUT2D eigenvalue weighted by Crippen LogP contribution is 2.12. The van der Waals surface area contributed by atoms with Crippen molar-refractivity contribution >= 4 is 12.0 Å². The number of nitrogens with two attached hydrogens (primary N) is 1. The maximum Gasteiger partial charge on any atom is 0.405 e. The van der Waals surface area contributed by atoms with Gasteiger partial charge < -0.3 is 16.2 Å². The number of hydrogen-bond donors (Lipinski definition) is 3. The molecule has 1 aromatic carbocycles. The van der Waals surface area contributed by atoms with Crippen LogP contribution in [0, 0.1) is 0 Å². The van der Waals surface area contributed by atoms with Crippen molar-refractivity contribution < 1.29 is 14.7 Å². The molecule has 1 unspecified atom stereocenters. The van der Waals surface area contributed by atoms with E-state index in [1.807, 2.05) is 12.1 Å². The molecule has 1 aromatic rings. The normalized spacial score (nSPS) is 11.9. The molecule has 0 bridgehead atoms. The third-order valence-corrected chi connectivity index (χ3v) is 4.20. The van der Waals surface area contributed by atoms with Crippen molar-refractivity contribution in [1.29, 1.82) is 0 Å². The van der Waals surface area contributed by atoms with E-state index >= 15 is 0 Å². The molecule has 2 amide bonds. The number of hydrogen-bond acceptors (Lipinski definition) is 2. The van der Waals surface area contributed by atoms with Gasteiger partial charge in [0, 0.05) is 0 Å². The predicted molar refractivity (Wildman–Crippen MR) is 96.0 cm³/mol. The number of benzene rings is 1. The van der Waals surface area contributed by atoms with Crippen molar-refractivity contribution in [3.8, 4) is 0 Å². The molecule has 0 heterocycles. The fraction of sp³-hybridized carbons (Fsp3) is 0.579. The molecule has 1 atom stereocenters. The molecule has 0 aliphatic carbocycles. The van der Waals surface area contributed by atoms with Gasteiger partial charge in [0.2, 0.25) is 5.91 Å². The average molecular weight is 334 g/mol. The molecule has 5 heteroatoms. The molecule has 1 rings (SSSR count). The second-order valence-corrected chi connectivity index (χ2v) is 6.28. The number of carbonyl (C=O) groups excluding carboxylic acids is 1. The number of rotatable bonds is 12. The zero-order valence-corrected chi connectivity index (χ0v) is 14.6. The van der Waals surface area contributed by atoms with Gasteiger partial charge in [-0.05, 0) is 36.8 Å². The topological polar surface area (TPSA) is 92.4 Å². The monoisotopic (exact) mass is 334 g/mol. The molecule has 5 nitrogen and oxygen atoms in total. The van der Waals surface area contributed by atoms with Crippen LogP contribution >= 0.6 is 0 Å². The van der Waals surface area contributed by atoms with Gasteiger partial charge in [0.1, 0.15) is 6.04 Å². The van der Waals surface area contributed by atoms with Crippen LogP contribution in [-0.4, -0.2) is 23.1 Å². The van der Waals surface area contributed by atoms with Crippen LogP contribution in [0.15, 0.2) is 24.3 Å². The molecule has 0 saturated heterocycles. The third kappa shape index (κ3) is 8.56. The Morgan fingerprint density at radius 3 is 2.08 bits per heavy atom. The molecule has 0 fully saturated rings. The lowest BCUT2D eigenvalue weighted by Gasteiger charge is -2.13. The Labute approximate surface area is 144 Å². The Kier molecular flexibility index (Phi) is 9.58. The molecule has 0 aromatic heterocycles. The Morgan fingerprint density at radius 2 is 1.54 bits per heavy atom.